The van der Waals surface area contributed by atoms with E-state index in [0.29, 0.717) is 18.7 Å². The second kappa shape index (κ2) is 9.58. The third-order valence-corrected chi connectivity index (χ3v) is 4.03. The van der Waals surface area contributed by atoms with Gasteiger partial charge in [-0.2, -0.15) is 0 Å². The lowest BCUT2D eigenvalue weighted by Gasteiger charge is -2.12. The van der Waals surface area contributed by atoms with E-state index in [1.807, 2.05) is 0 Å². The van der Waals surface area contributed by atoms with Crippen LogP contribution in [0.4, 0.5) is 0 Å². The summed E-state index contributed by atoms with van der Waals surface area (Å²) in [6.45, 7) is 1.94. The van der Waals surface area contributed by atoms with Gasteiger partial charge in [0, 0.05) is 44.0 Å². The molecule has 0 saturated heterocycles. The second-order valence-corrected chi connectivity index (χ2v) is 5.78. The minimum absolute atomic E-state index is 0.124. The van der Waals surface area contributed by atoms with Crippen LogP contribution in [0, 0.1) is 0 Å². The van der Waals surface area contributed by atoms with Crippen LogP contribution in [0.3, 0.4) is 0 Å². The summed E-state index contributed by atoms with van der Waals surface area (Å²) in [5.74, 6) is 0.609. The lowest BCUT2D eigenvalue weighted by Crippen LogP contribution is -2.42. The van der Waals surface area contributed by atoms with Crippen molar-refractivity contribution in [2.45, 2.75) is 6.42 Å². The fourth-order valence-corrected chi connectivity index (χ4v) is 2.64. The predicted molar refractivity (Wildman–Crippen MR) is 94.0 cm³/mol. The van der Waals surface area contributed by atoms with E-state index >= 15 is 0 Å². The van der Waals surface area contributed by atoms with Gasteiger partial charge in [0.05, 0.1) is 5.56 Å². The largest absolute Gasteiger partial charge is 0.356 e. The molecule has 6 nitrogen and oxygen atoms in total. The number of aromatic nitrogens is 1. The van der Waals surface area contributed by atoms with Gasteiger partial charge in [-0.15, -0.1) is 11.3 Å². The SMILES string of the molecule is CN=C(NCCNC(=O)c1cccnc1)NCCc1cccs1. The number of rotatable bonds is 7. The Kier molecular flexibility index (Phi) is 7.06. The van der Waals surface area contributed by atoms with Gasteiger partial charge in [-0.1, -0.05) is 6.07 Å². The molecule has 2 aromatic heterocycles. The molecular weight excluding hydrogens is 310 g/mol. The van der Waals surface area contributed by atoms with Crippen molar-refractivity contribution >= 4 is 23.2 Å². The van der Waals surface area contributed by atoms with Crippen molar-refractivity contribution in [2.75, 3.05) is 26.7 Å². The van der Waals surface area contributed by atoms with Crippen molar-refractivity contribution in [3.63, 3.8) is 0 Å². The van der Waals surface area contributed by atoms with Crippen LogP contribution in [-0.2, 0) is 6.42 Å². The summed E-state index contributed by atoms with van der Waals surface area (Å²) < 4.78 is 0. The fraction of sp³-hybridized carbons (Fsp3) is 0.312. The highest BCUT2D eigenvalue weighted by Crippen LogP contribution is 2.07. The Balaban J connectivity index is 1.61. The van der Waals surface area contributed by atoms with Gasteiger partial charge in [-0.25, -0.2) is 0 Å². The molecule has 2 aromatic rings. The van der Waals surface area contributed by atoms with Gasteiger partial charge in [-0.3, -0.25) is 14.8 Å². The molecule has 7 heteroatoms. The highest BCUT2D eigenvalue weighted by molar-refractivity contribution is 7.09. The normalized spacial score (nSPS) is 11.1. The zero-order chi connectivity index (χ0) is 16.3. The summed E-state index contributed by atoms with van der Waals surface area (Å²) in [7, 11) is 1.73. The molecule has 3 N–H and O–H groups in total. The van der Waals surface area contributed by atoms with E-state index in [9.17, 15) is 4.79 Å². The first-order chi connectivity index (χ1) is 11.3. The van der Waals surface area contributed by atoms with E-state index < -0.39 is 0 Å². The molecular formula is C16H21N5OS. The Morgan fingerprint density at radius 2 is 2.00 bits per heavy atom. The average molecular weight is 331 g/mol. The minimum Gasteiger partial charge on any atom is -0.356 e. The van der Waals surface area contributed by atoms with Crippen LogP contribution in [-0.4, -0.2) is 43.5 Å². The van der Waals surface area contributed by atoms with Crippen molar-refractivity contribution in [2.24, 2.45) is 4.99 Å². The van der Waals surface area contributed by atoms with Gasteiger partial charge in [0.1, 0.15) is 0 Å². The molecule has 0 atom stereocenters. The third-order valence-electron chi connectivity index (χ3n) is 3.09. The van der Waals surface area contributed by atoms with Crippen LogP contribution < -0.4 is 16.0 Å². The van der Waals surface area contributed by atoms with E-state index in [4.69, 9.17) is 0 Å². The maximum absolute atomic E-state index is 11.8. The van der Waals surface area contributed by atoms with E-state index in [1.165, 1.54) is 4.88 Å². The highest BCUT2D eigenvalue weighted by Gasteiger charge is 2.04. The molecule has 2 rings (SSSR count). The van der Waals surface area contributed by atoms with Crippen molar-refractivity contribution in [3.8, 4) is 0 Å². The summed E-state index contributed by atoms with van der Waals surface area (Å²) in [6, 6.07) is 7.65. The summed E-state index contributed by atoms with van der Waals surface area (Å²) in [6.07, 6.45) is 4.16. The van der Waals surface area contributed by atoms with Gasteiger partial charge < -0.3 is 16.0 Å². The minimum atomic E-state index is -0.124. The van der Waals surface area contributed by atoms with E-state index in [-0.39, 0.29) is 5.91 Å². The Bertz CT molecular complexity index is 613. The first-order valence-electron chi connectivity index (χ1n) is 7.44. The lowest BCUT2D eigenvalue weighted by atomic mass is 10.3. The molecule has 0 aliphatic carbocycles. The number of carbonyl (C=O) groups is 1. The maximum Gasteiger partial charge on any atom is 0.252 e. The van der Waals surface area contributed by atoms with Crippen LogP contribution in [0.15, 0.2) is 47.0 Å². The summed E-state index contributed by atoms with van der Waals surface area (Å²) in [5.41, 5.74) is 0.561. The molecule has 122 valence electrons. The van der Waals surface area contributed by atoms with Crippen molar-refractivity contribution < 1.29 is 4.79 Å². The van der Waals surface area contributed by atoms with Gasteiger partial charge in [0.15, 0.2) is 5.96 Å². The van der Waals surface area contributed by atoms with E-state index in [2.05, 4.69) is 43.4 Å². The van der Waals surface area contributed by atoms with Crippen LogP contribution in [0.2, 0.25) is 0 Å². The molecule has 0 aliphatic heterocycles. The van der Waals surface area contributed by atoms with Gasteiger partial charge in [0.25, 0.3) is 5.91 Å². The Hall–Kier alpha value is -2.41. The van der Waals surface area contributed by atoms with E-state index in [0.717, 1.165) is 18.9 Å². The summed E-state index contributed by atoms with van der Waals surface area (Å²) >= 11 is 1.75. The van der Waals surface area contributed by atoms with Crippen molar-refractivity contribution in [1.29, 1.82) is 0 Å². The van der Waals surface area contributed by atoms with Crippen LogP contribution >= 0.6 is 11.3 Å². The maximum atomic E-state index is 11.8. The molecule has 23 heavy (non-hydrogen) atoms. The standard InChI is InChI=1S/C16H21N5OS/c1-17-16(20-8-6-14-5-3-11-23-14)21-10-9-19-15(22)13-4-2-7-18-12-13/h2-5,7,11-12H,6,8-10H2,1H3,(H,19,22)(H2,17,20,21). The number of nitrogens with one attached hydrogen (secondary N) is 3. The number of amides is 1. The quantitative estimate of drug-likeness (QED) is 0.406. The zero-order valence-electron chi connectivity index (χ0n) is 13.1. The number of guanidine groups is 1. The zero-order valence-corrected chi connectivity index (χ0v) is 13.9. The predicted octanol–water partition coefficient (Wildman–Crippen LogP) is 1.28. The molecule has 1 amide bonds. The highest BCUT2D eigenvalue weighted by atomic mass is 32.1. The summed E-state index contributed by atoms with van der Waals surface area (Å²) in [5, 5.41) is 11.3. The van der Waals surface area contributed by atoms with Crippen LogP contribution in [0.5, 0.6) is 0 Å². The Morgan fingerprint density at radius 1 is 1.17 bits per heavy atom. The molecule has 0 radical (unpaired) electrons. The topological polar surface area (TPSA) is 78.4 Å². The molecule has 0 spiro atoms. The van der Waals surface area contributed by atoms with Gasteiger partial charge in [-0.05, 0) is 30.0 Å². The molecule has 0 unspecified atom stereocenters. The first-order valence-corrected chi connectivity index (χ1v) is 8.32. The molecule has 2 heterocycles. The van der Waals surface area contributed by atoms with Gasteiger partial charge >= 0.3 is 0 Å². The number of carbonyl (C=O) groups excluding carboxylic acids is 1. The van der Waals surface area contributed by atoms with Crippen molar-refractivity contribution in [3.05, 3.63) is 52.5 Å². The molecule has 0 aromatic carbocycles. The van der Waals surface area contributed by atoms with Gasteiger partial charge in [0.2, 0.25) is 0 Å². The average Bonchev–Trinajstić information content (AvgIpc) is 3.11. The van der Waals surface area contributed by atoms with E-state index in [1.54, 1.807) is 42.9 Å². The number of hydrogen-bond donors (Lipinski definition) is 3. The monoisotopic (exact) mass is 331 g/mol. The number of thiophene rings is 1. The second-order valence-electron chi connectivity index (χ2n) is 4.75. The Morgan fingerprint density at radius 3 is 2.70 bits per heavy atom. The fourth-order valence-electron chi connectivity index (χ4n) is 1.94. The third kappa shape index (κ3) is 6.07. The Labute approximate surface area is 140 Å². The molecule has 0 saturated carbocycles. The molecule has 0 bridgehead atoms. The number of aliphatic imine (C=N–C) groups is 1. The smallest absolute Gasteiger partial charge is 0.252 e. The van der Waals surface area contributed by atoms with Crippen molar-refractivity contribution in [1.82, 2.24) is 20.9 Å². The summed E-state index contributed by atoms with van der Waals surface area (Å²) in [4.78, 5) is 21.3. The number of pyridine rings is 1. The number of nitrogens with zero attached hydrogens (tertiary/aromatic N) is 2. The van der Waals surface area contributed by atoms with Crippen LogP contribution in [0.25, 0.3) is 0 Å². The molecule has 0 fully saturated rings. The lowest BCUT2D eigenvalue weighted by molar-refractivity contribution is 0.0954. The van der Waals surface area contributed by atoms with Crippen LogP contribution in [0.1, 0.15) is 15.2 Å². The molecule has 0 aliphatic rings. The first kappa shape index (κ1) is 17.0. The number of hydrogen-bond acceptors (Lipinski definition) is 4.